The van der Waals surface area contributed by atoms with Crippen LogP contribution in [-0.2, 0) is 13.8 Å². The van der Waals surface area contributed by atoms with Gasteiger partial charge in [0.05, 0.1) is 11.5 Å². The molecule has 1 aromatic rings. The van der Waals surface area contributed by atoms with Crippen molar-refractivity contribution in [2.75, 3.05) is 13.7 Å². The molecular formula is C14H21ClO4S. The standard InChI is InChI=1S/C14H21ClO4S/c1-5-10(2)13-8-12(20(15,16)17)6-7-14(13)19-11(3)9-18-4/h6-8,10-11H,5,9H2,1-4H3. The van der Waals surface area contributed by atoms with E-state index in [9.17, 15) is 8.42 Å². The van der Waals surface area contributed by atoms with E-state index >= 15 is 0 Å². The van der Waals surface area contributed by atoms with E-state index in [1.807, 2.05) is 20.8 Å². The van der Waals surface area contributed by atoms with Crippen LogP contribution in [0.2, 0.25) is 0 Å². The number of hydrogen-bond acceptors (Lipinski definition) is 4. The number of hydrogen-bond donors (Lipinski definition) is 0. The molecule has 0 aromatic heterocycles. The Kier molecular flexibility index (Phi) is 6.30. The summed E-state index contributed by atoms with van der Waals surface area (Å²) in [5.41, 5.74) is 0.845. The Labute approximate surface area is 125 Å². The lowest BCUT2D eigenvalue weighted by atomic mass is 9.98. The van der Waals surface area contributed by atoms with Crippen LogP contribution < -0.4 is 4.74 Å². The van der Waals surface area contributed by atoms with Crippen molar-refractivity contribution < 1.29 is 17.9 Å². The predicted octanol–water partition coefficient (Wildman–Crippen LogP) is 3.54. The first-order valence-electron chi connectivity index (χ1n) is 6.53. The molecule has 0 amide bonds. The monoisotopic (exact) mass is 320 g/mol. The minimum atomic E-state index is -3.73. The van der Waals surface area contributed by atoms with Gasteiger partial charge in [0.15, 0.2) is 0 Å². The first-order chi connectivity index (χ1) is 9.29. The van der Waals surface area contributed by atoms with E-state index in [1.54, 1.807) is 19.2 Å². The molecule has 4 nitrogen and oxygen atoms in total. The fourth-order valence-electron chi connectivity index (χ4n) is 1.88. The van der Waals surface area contributed by atoms with Crippen molar-refractivity contribution in [3.63, 3.8) is 0 Å². The van der Waals surface area contributed by atoms with Gasteiger partial charge in [0.1, 0.15) is 11.9 Å². The Balaban J connectivity index is 3.17. The second-order valence-corrected chi connectivity index (χ2v) is 7.40. The molecule has 0 fully saturated rings. The summed E-state index contributed by atoms with van der Waals surface area (Å²) in [4.78, 5) is 0.0983. The molecule has 0 aliphatic carbocycles. The van der Waals surface area contributed by atoms with Gasteiger partial charge in [0, 0.05) is 17.8 Å². The van der Waals surface area contributed by atoms with Gasteiger partial charge in [-0.1, -0.05) is 13.8 Å². The summed E-state index contributed by atoms with van der Waals surface area (Å²) in [5, 5.41) is 0. The first-order valence-corrected chi connectivity index (χ1v) is 8.84. The Morgan fingerprint density at radius 2 is 1.95 bits per heavy atom. The van der Waals surface area contributed by atoms with Crippen molar-refractivity contribution in [2.24, 2.45) is 0 Å². The molecule has 2 atom stereocenters. The van der Waals surface area contributed by atoms with Gasteiger partial charge in [-0.25, -0.2) is 8.42 Å². The SMILES string of the molecule is CCC(C)c1cc(S(=O)(=O)Cl)ccc1OC(C)COC. The average Bonchev–Trinajstić information content (AvgIpc) is 2.37. The molecule has 0 saturated carbocycles. The number of benzene rings is 1. The highest BCUT2D eigenvalue weighted by Gasteiger charge is 2.18. The smallest absolute Gasteiger partial charge is 0.261 e. The maximum Gasteiger partial charge on any atom is 0.261 e. The van der Waals surface area contributed by atoms with E-state index in [0.717, 1.165) is 12.0 Å². The molecule has 0 bridgehead atoms. The first kappa shape index (κ1) is 17.3. The van der Waals surface area contributed by atoms with Crippen LogP contribution in [0.15, 0.2) is 23.1 Å². The van der Waals surface area contributed by atoms with Crippen molar-refractivity contribution in [2.45, 2.75) is 44.1 Å². The fourth-order valence-corrected chi connectivity index (χ4v) is 2.66. The van der Waals surface area contributed by atoms with E-state index < -0.39 is 9.05 Å². The summed E-state index contributed by atoms with van der Waals surface area (Å²) in [7, 11) is 3.28. The van der Waals surface area contributed by atoms with Gasteiger partial charge >= 0.3 is 0 Å². The third-order valence-corrected chi connectivity index (χ3v) is 4.49. The van der Waals surface area contributed by atoms with Crippen LogP contribution in [0.1, 0.15) is 38.7 Å². The Morgan fingerprint density at radius 1 is 1.30 bits per heavy atom. The van der Waals surface area contributed by atoms with Crippen LogP contribution >= 0.6 is 10.7 Å². The van der Waals surface area contributed by atoms with Crippen LogP contribution in [0.3, 0.4) is 0 Å². The third kappa shape index (κ3) is 4.65. The quantitative estimate of drug-likeness (QED) is 0.721. The third-order valence-electron chi connectivity index (χ3n) is 3.14. The van der Waals surface area contributed by atoms with Crippen molar-refractivity contribution in [3.8, 4) is 5.75 Å². The summed E-state index contributed by atoms with van der Waals surface area (Å²) in [5.74, 6) is 0.853. The average molecular weight is 321 g/mol. The van der Waals surface area contributed by atoms with E-state index in [4.69, 9.17) is 20.2 Å². The molecule has 0 aliphatic heterocycles. The topological polar surface area (TPSA) is 52.6 Å². The molecule has 20 heavy (non-hydrogen) atoms. The molecular weight excluding hydrogens is 300 g/mol. The second kappa shape index (κ2) is 7.29. The molecule has 2 unspecified atom stereocenters. The zero-order valence-electron chi connectivity index (χ0n) is 12.2. The fraction of sp³-hybridized carbons (Fsp3) is 0.571. The van der Waals surface area contributed by atoms with Crippen LogP contribution in [0, 0.1) is 0 Å². The molecule has 0 spiro atoms. The molecule has 0 radical (unpaired) electrons. The lowest BCUT2D eigenvalue weighted by molar-refractivity contribution is 0.0911. The number of halogens is 1. The van der Waals surface area contributed by atoms with Crippen molar-refractivity contribution in [3.05, 3.63) is 23.8 Å². The van der Waals surface area contributed by atoms with E-state index in [1.165, 1.54) is 6.07 Å². The van der Waals surface area contributed by atoms with Gasteiger partial charge in [0.25, 0.3) is 9.05 Å². The van der Waals surface area contributed by atoms with E-state index in [2.05, 4.69) is 0 Å². The van der Waals surface area contributed by atoms with Gasteiger partial charge < -0.3 is 9.47 Å². The Morgan fingerprint density at radius 3 is 2.45 bits per heavy atom. The second-order valence-electron chi connectivity index (χ2n) is 4.83. The maximum absolute atomic E-state index is 11.4. The molecule has 0 N–H and O–H groups in total. The van der Waals surface area contributed by atoms with Gasteiger partial charge in [-0.15, -0.1) is 0 Å². The highest BCUT2D eigenvalue weighted by molar-refractivity contribution is 8.13. The van der Waals surface area contributed by atoms with Crippen LogP contribution in [0.5, 0.6) is 5.75 Å². The minimum Gasteiger partial charge on any atom is -0.488 e. The van der Waals surface area contributed by atoms with Crippen LogP contribution in [-0.4, -0.2) is 28.2 Å². The largest absolute Gasteiger partial charge is 0.488 e. The van der Waals surface area contributed by atoms with Gasteiger partial charge in [-0.3, -0.25) is 0 Å². The number of ether oxygens (including phenoxy) is 2. The lowest BCUT2D eigenvalue weighted by Crippen LogP contribution is -2.19. The molecule has 1 rings (SSSR count). The lowest BCUT2D eigenvalue weighted by Gasteiger charge is -2.20. The van der Waals surface area contributed by atoms with Crippen molar-refractivity contribution >= 4 is 19.7 Å². The minimum absolute atomic E-state index is 0.0983. The van der Waals surface area contributed by atoms with Crippen molar-refractivity contribution in [1.82, 2.24) is 0 Å². The molecule has 0 aliphatic rings. The van der Waals surface area contributed by atoms with Crippen LogP contribution in [0.25, 0.3) is 0 Å². The summed E-state index contributed by atoms with van der Waals surface area (Å²) >= 11 is 0. The summed E-state index contributed by atoms with van der Waals surface area (Å²) in [6.07, 6.45) is 0.766. The highest BCUT2D eigenvalue weighted by atomic mass is 35.7. The van der Waals surface area contributed by atoms with E-state index in [-0.39, 0.29) is 16.9 Å². The summed E-state index contributed by atoms with van der Waals surface area (Å²) in [6, 6.07) is 4.71. The van der Waals surface area contributed by atoms with Crippen molar-refractivity contribution in [1.29, 1.82) is 0 Å². The van der Waals surface area contributed by atoms with Gasteiger partial charge in [-0.2, -0.15) is 0 Å². The Bertz CT molecular complexity index is 542. The Hall–Kier alpha value is -0.780. The van der Waals surface area contributed by atoms with Gasteiger partial charge in [-0.05, 0) is 43.0 Å². The zero-order chi connectivity index (χ0) is 15.3. The molecule has 114 valence electrons. The maximum atomic E-state index is 11.4. The predicted molar refractivity (Wildman–Crippen MR) is 80.2 cm³/mol. The number of rotatable bonds is 7. The molecule has 1 aromatic carbocycles. The van der Waals surface area contributed by atoms with E-state index in [0.29, 0.717) is 12.4 Å². The molecule has 0 heterocycles. The normalized spacial score (nSPS) is 14.8. The highest BCUT2D eigenvalue weighted by Crippen LogP contribution is 2.32. The summed E-state index contributed by atoms with van der Waals surface area (Å²) in [6.45, 7) is 6.42. The molecule has 0 saturated heterocycles. The van der Waals surface area contributed by atoms with Gasteiger partial charge in [0.2, 0.25) is 0 Å². The van der Waals surface area contributed by atoms with Crippen LogP contribution in [0.4, 0.5) is 0 Å². The zero-order valence-corrected chi connectivity index (χ0v) is 13.8. The number of methoxy groups -OCH3 is 1. The molecule has 6 heteroatoms. The summed E-state index contributed by atoms with van der Waals surface area (Å²) < 4.78 is 33.7.